The normalized spacial score (nSPS) is 10.7. The average Bonchev–Trinajstić information content (AvgIpc) is 2.76. The highest BCUT2D eigenvalue weighted by molar-refractivity contribution is 7.20. The van der Waals surface area contributed by atoms with Crippen molar-refractivity contribution in [1.29, 1.82) is 0 Å². The first-order chi connectivity index (χ1) is 9.65. The van der Waals surface area contributed by atoms with E-state index in [9.17, 15) is 9.90 Å². The van der Waals surface area contributed by atoms with Crippen LogP contribution in [0.1, 0.15) is 15.4 Å². The third kappa shape index (κ3) is 2.23. The molecule has 3 aromatic rings. The number of rotatable bonds is 2. The van der Waals surface area contributed by atoms with Crippen LogP contribution in [0.25, 0.3) is 10.2 Å². The zero-order chi connectivity index (χ0) is 14.1. The summed E-state index contributed by atoms with van der Waals surface area (Å²) in [6, 6.07) is 12.3. The monoisotopic (exact) mass is 285 g/mol. The SMILES string of the molecule is Cc1ccc2c(O)c(C(=O)Oc3ccccc3)sc2n1. The third-order valence-corrected chi connectivity index (χ3v) is 3.88. The van der Waals surface area contributed by atoms with Gasteiger partial charge in [0.25, 0.3) is 0 Å². The number of pyridine rings is 1. The van der Waals surface area contributed by atoms with Gasteiger partial charge in [-0.3, -0.25) is 0 Å². The minimum absolute atomic E-state index is 0.0709. The van der Waals surface area contributed by atoms with Crippen LogP contribution in [0.15, 0.2) is 42.5 Å². The molecule has 0 saturated heterocycles. The zero-order valence-electron chi connectivity index (χ0n) is 10.7. The highest BCUT2D eigenvalue weighted by Crippen LogP contribution is 2.36. The van der Waals surface area contributed by atoms with Crippen LogP contribution in [0.3, 0.4) is 0 Å². The van der Waals surface area contributed by atoms with Crippen LogP contribution in [0.2, 0.25) is 0 Å². The number of esters is 1. The van der Waals surface area contributed by atoms with Gasteiger partial charge in [-0.2, -0.15) is 0 Å². The van der Waals surface area contributed by atoms with Crippen LogP contribution in [0, 0.1) is 6.92 Å². The van der Waals surface area contributed by atoms with Crippen LogP contribution < -0.4 is 4.74 Å². The summed E-state index contributed by atoms with van der Waals surface area (Å²) >= 11 is 1.13. The van der Waals surface area contributed by atoms with Gasteiger partial charge in [0.05, 0.1) is 5.39 Å². The molecule has 3 rings (SSSR count). The van der Waals surface area contributed by atoms with E-state index in [4.69, 9.17) is 4.74 Å². The van der Waals surface area contributed by atoms with Gasteiger partial charge in [-0.05, 0) is 31.2 Å². The maximum absolute atomic E-state index is 12.1. The van der Waals surface area contributed by atoms with Gasteiger partial charge < -0.3 is 9.84 Å². The van der Waals surface area contributed by atoms with Crippen LogP contribution in [-0.4, -0.2) is 16.1 Å². The molecule has 1 N–H and O–H groups in total. The van der Waals surface area contributed by atoms with E-state index in [0.29, 0.717) is 16.0 Å². The number of carbonyl (C=O) groups is 1. The van der Waals surface area contributed by atoms with Gasteiger partial charge in [0, 0.05) is 5.69 Å². The molecule has 20 heavy (non-hydrogen) atoms. The number of para-hydroxylation sites is 1. The molecular formula is C15H11NO3S. The lowest BCUT2D eigenvalue weighted by Crippen LogP contribution is -2.06. The van der Waals surface area contributed by atoms with Crippen molar-refractivity contribution in [3.8, 4) is 11.5 Å². The number of carbonyl (C=O) groups excluding carboxylic acids is 1. The van der Waals surface area contributed by atoms with Crippen molar-refractivity contribution in [1.82, 2.24) is 4.98 Å². The van der Waals surface area contributed by atoms with Gasteiger partial charge in [0.1, 0.15) is 10.6 Å². The van der Waals surface area contributed by atoms with E-state index in [1.807, 2.05) is 13.0 Å². The molecule has 0 aliphatic carbocycles. The Kier molecular flexibility index (Phi) is 3.12. The minimum Gasteiger partial charge on any atom is -0.505 e. The van der Waals surface area contributed by atoms with Gasteiger partial charge in [-0.15, -0.1) is 11.3 Å². The summed E-state index contributed by atoms with van der Waals surface area (Å²) in [5.41, 5.74) is 0.835. The van der Waals surface area contributed by atoms with Crippen molar-refractivity contribution in [2.45, 2.75) is 6.92 Å². The Morgan fingerprint density at radius 3 is 2.70 bits per heavy atom. The van der Waals surface area contributed by atoms with E-state index in [0.717, 1.165) is 17.0 Å². The van der Waals surface area contributed by atoms with Crippen molar-refractivity contribution >= 4 is 27.5 Å². The first kappa shape index (κ1) is 12.6. The fraction of sp³-hybridized carbons (Fsp3) is 0.0667. The summed E-state index contributed by atoms with van der Waals surface area (Å²) in [6.45, 7) is 1.86. The van der Waals surface area contributed by atoms with E-state index in [1.54, 1.807) is 36.4 Å². The molecule has 1 aromatic carbocycles. The van der Waals surface area contributed by atoms with Gasteiger partial charge in [0.2, 0.25) is 0 Å². The molecule has 0 radical (unpaired) electrons. The number of aromatic nitrogens is 1. The molecule has 0 fully saturated rings. The molecule has 2 heterocycles. The molecule has 0 aliphatic heterocycles. The molecule has 0 saturated carbocycles. The molecule has 5 heteroatoms. The third-order valence-electron chi connectivity index (χ3n) is 2.81. The molecule has 100 valence electrons. The van der Waals surface area contributed by atoms with Crippen molar-refractivity contribution in [2.24, 2.45) is 0 Å². The average molecular weight is 285 g/mol. The Bertz CT molecular complexity index is 780. The number of thiophene rings is 1. The summed E-state index contributed by atoms with van der Waals surface area (Å²) in [5.74, 6) is -0.203. The van der Waals surface area contributed by atoms with Crippen molar-refractivity contribution < 1.29 is 14.6 Å². The first-order valence-electron chi connectivity index (χ1n) is 6.01. The Labute approximate surface area is 119 Å². The van der Waals surface area contributed by atoms with Crippen LogP contribution >= 0.6 is 11.3 Å². The fourth-order valence-electron chi connectivity index (χ4n) is 1.84. The minimum atomic E-state index is -0.575. The quantitative estimate of drug-likeness (QED) is 0.578. The first-order valence-corrected chi connectivity index (χ1v) is 6.83. The fourth-order valence-corrected chi connectivity index (χ4v) is 2.83. The smallest absolute Gasteiger partial charge is 0.357 e. The zero-order valence-corrected chi connectivity index (χ0v) is 11.5. The van der Waals surface area contributed by atoms with E-state index in [1.165, 1.54) is 0 Å². The lowest BCUT2D eigenvalue weighted by Gasteiger charge is -2.01. The number of nitrogens with zero attached hydrogens (tertiary/aromatic N) is 1. The summed E-state index contributed by atoms with van der Waals surface area (Å²) < 4.78 is 5.22. The Morgan fingerprint density at radius 2 is 1.95 bits per heavy atom. The van der Waals surface area contributed by atoms with Gasteiger partial charge >= 0.3 is 5.97 Å². The van der Waals surface area contributed by atoms with E-state index >= 15 is 0 Å². The molecule has 0 amide bonds. The number of fused-ring (bicyclic) bond motifs is 1. The van der Waals surface area contributed by atoms with Crippen LogP contribution in [-0.2, 0) is 0 Å². The Morgan fingerprint density at radius 1 is 1.20 bits per heavy atom. The molecule has 0 spiro atoms. The lowest BCUT2D eigenvalue weighted by atomic mass is 10.2. The van der Waals surface area contributed by atoms with Crippen molar-refractivity contribution in [2.75, 3.05) is 0 Å². The standard InChI is InChI=1S/C15H11NO3S/c1-9-7-8-11-12(17)13(20-14(11)16-9)15(18)19-10-5-3-2-4-6-10/h2-8,17H,1H3. The number of aromatic hydroxyl groups is 1. The highest BCUT2D eigenvalue weighted by atomic mass is 32.1. The largest absolute Gasteiger partial charge is 0.505 e. The van der Waals surface area contributed by atoms with Crippen molar-refractivity contribution in [3.05, 3.63) is 53.0 Å². The molecule has 2 aromatic heterocycles. The number of ether oxygens (including phenoxy) is 1. The number of hydrogen-bond acceptors (Lipinski definition) is 5. The van der Waals surface area contributed by atoms with Crippen LogP contribution in [0.4, 0.5) is 0 Å². The highest BCUT2D eigenvalue weighted by Gasteiger charge is 2.20. The van der Waals surface area contributed by atoms with Gasteiger partial charge in [0.15, 0.2) is 10.6 Å². The topological polar surface area (TPSA) is 59.4 Å². The second kappa shape index (κ2) is 4.94. The summed E-state index contributed by atoms with van der Waals surface area (Å²) in [7, 11) is 0. The maximum atomic E-state index is 12.1. The van der Waals surface area contributed by atoms with Gasteiger partial charge in [-0.1, -0.05) is 18.2 Å². The van der Waals surface area contributed by atoms with Crippen LogP contribution in [0.5, 0.6) is 11.5 Å². The molecule has 0 aliphatic rings. The van der Waals surface area contributed by atoms with E-state index in [-0.39, 0.29) is 10.6 Å². The Balaban J connectivity index is 1.97. The molecule has 0 atom stereocenters. The molecule has 4 nitrogen and oxygen atoms in total. The molecule has 0 bridgehead atoms. The lowest BCUT2D eigenvalue weighted by molar-refractivity contribution is 0.0737. The van der Waals surface area contributed by atoms with Gasteiger partial charge in [-0.25, -0.2) is 9.78 Å². The molecular weight excluding hydrogens is 274 g/mol. The Hall–Kier alpha value is -2.40. The van der Waals surface area contributed by atoms with Crippen molar-refractivity contribution in [3.63, 3.8) is 0 Å². The summed E-state index contributed by atoms with van der Waals surface area (Å²) in [4.78, 5) is 17.2. The summed E-state index contributed by atoms with van der Waals surface area (Å²) in [6.07, 6.45) is 0. The predicted octanol–water partition coefficient (Wildman–Crippen LogP) is 3.53. The number of aryl methyl sites for hydroxylation is 1. The van der Waals surface area contributed by atoms with E-state index in [2.05, 4.69) is 4.98 Å². The predicted molar refractivity (Wildman–Crippen MR) is 77.4 cm³/mol. The summed E-state index contributed by atoms with van der Waals surface area (Å²) in [5, 5.41) is 10.7. The maximum Gasteiger partial charge on any atom is 0.357 e. The second-order valence-electron chi connectivity index (χ2n) is 4.29. The van der Waals surface area contributed by atoms with E-state index < -0.39 is 5.97 Å². The second-order valence-corrected chi connectivity index (χ2v) is 5.29. The molecule has 0 unspecified atom stereocenters. The number of hydrogen-bond donors (Lipinski definition) is 1. The number of benzene rings is 1.